The molecule has 0 bridgehead atoms. The first kappa shape index (κ1) is 22.7. The standard InChI is InChI=1S/C33H35N3O/c1-3-36-30-10-5-4-7-25(30)28-19-22(12-14-31(28)36)32-26-9-6-8-24(26)27-20-23(11-13-29(27)34-32)33(37)35-17-15-21(2)16-18-35/h4-8,10-14,19-21,24,26,32,34H,3,9,15-18H2,1-2H3. The predicted molar refractivity (Wildman–Crippen MR) is 152 cm³/mol. The van der Waals surface area contributed by atoms with E-state index in [1.165, 1.54) is 32.9 Å². The molecule has 1 N–H and O–H groups in total. The molecule has 3 aromatic carbocycles. The number of likely N-dealkylation sites (tertiary alicyclic amines) is 1. The molecule has 3 atom stereocenters. The maximum atomic E-state index is 13.3. The van der Waals surface area contributed by atoms with Gasteiger partial charge in [-0.1, -0.05) is 43.3 Å². The maximum Gasteiger partial charge on any atom is 0.253 e. The number of carbonyl (C=O) groups excluding carboxylic acids is 1. The fourth-order valence-electron chi connectivity index (χ4n) is 7.06. The van der Waals surface area contributed by atoms with Crippen molar-refractivity contribution in [1.29, 1.82) is 0 Å². The van der Waals surface area contributed by atoms with Crippen molar-refractivity contribution in [3.63, 3.8) is 0 Å². The largest absolute Gasteiger partial charge is 0.378 e. The minimum absolute atomic E-state index is 0.188. The summed E-state index contributed by atoms with van der Waals surface area (Å²) in [6, 6.07) is 22.4. The second-order valence-electron chi connectivity index (χ2n) is 11.3. The highest BCUT2D eigenvalue weighted by atomic mass is 16.2. The van der Waals surface area contributed by atoms with Crippen molar-refractivity contribution in [3.05, 3.63) is 89.5 Å². The molecule has 1 saturated heterocycles. The van der Waals surface area contributed by atoms with Crippen molar-refractivity contribution in [2.24, 2.45) is 11.8 Å². The van der Waals surface area contributed by atoms with E-state index in [0.717, 1.165) is 56.1 Å². The van der Waals surface area contributed by atoms with E-state index in [1.54, 1.807) is 0 Å². The van der Waals surface area contributed by atoms with Crippen molar-refractivity contribution in [3.8, 4) is 0 Å². The van der Waals surface area contributed by atoms with Gasteiger partial charge in [0.05, 0.1) is 6.04 Å². The Bertz CT molecular complexity index is 1540. The number of hydrogen-bond acceptors (Lipinski definition) is 2. The van der Waals surface area contributed by atoms with Gasteiger partial charge in [-0.25, -0.2) is 0 Å². The number of nitrogens with zero attached hydrogens (tertiary/aromatic N) is 2. The van der Waals surface area contributed by atoms with E-state index in [4.69, 9.17) is 0 Å². The normalized spacial score (nSPS) is 23.3. The van der Waals surface area contributed by atoms with E-state index in [2.05, 4.69) is 90.5 Å². The number of allylic oxidation sites excluding steroid dienone is 2. The molecule has 2 aliphatic heterocycles. The van der Waals surface area contributed by atoms with E-state index in [-0.39, 0.29) is 11.9 Å². The van der Waals surface area contributed by atoms with Gasteiger partial charge in [-0.15, -0.1) is 0 Å². The summed E-state index contributed by atoms with van der Waals surface area (Å²) in [6.07, 6.45) is 7.97. The molecule has 188 valence electrons. The molecule has 4 nitrogen and oxygen atoms in total. The first-order valence-electron chi connectivity index (χ1n) is 14.0. The minimum Gasteiger partial charge on any atom is -0.378 e. The van der Waals surface area contributed by atoms with Crippen molar-refractivity contribution in [2.45, 2.75) is 51.6 Å². The van der Waals surface area contributed by atoms with Crippen LogP contribution in [0.2, 0.25) is 0 Å². The number of piperidine rings is 1. The third-order valence-corrected chi connectivity index (χ3v) is 9.15. The van der Waals surface area contributed by atoms with Crippen LogP contribution in [-0.2, 0) is 6.54 Å². The molecule has 37 heavy (non-hydrogen) atoms. The Morgan fingerprint density at radius 2 is 1.78 bits per heavy atom. The number of para-hydroxylation sites is 1. The third-order valence-electron chi connectivity index (χ3n) is 9.15. The minimum atomic E-state index is 0.188. The van der Waals surface area contributed by atoms with Crippen LogP contribution in [0.15, 0.2) is 72.8 Å². The van der Waals surface area contributed by atoms with Gasteiger partial charge in [-0.3, -0.25) is 4.79 Å². The van der Waals surface area contributed by atoms with Crippen molar-refractivity contribution >= 4 is 33.4 Å². The zero-order chi connectivity index (χ0) is 25.1. The summed E-state index contributed by atoms with van der Waals surface area (Å²) >= 11 is 0. The Kier molecular flexibility index (Phi) is 5.38. The molecule has 1 aliphatic carbocycles. The summed E-state index contributed by atoms with van der Waals surface area (Å²) in [7, 11) is 0. The number of nitrogens with one attached hydrogen (secondary N) is 1. The monoisotopic (exact) mass is 489 g/mol. The van der Waals surface area contributed by atoms with Gasteiger partial charge in [0.1, 0.15) is 0 Å². The van der Waals surface area contributed by atoms with Gasteiger partial charge >= 0.3 is 0 Å². The van der Waals surface area contributed by atoms with Crippen LogP contribution in [0.3, 0.4) is 0 Å². The molecule has 7 rings (SSSR count). The molecular formula is C33H35N3O. The zero-order valence-electron chi connectivity index (χ0n) is 21.8. The van der Waals surface area contributed by atoms with E-state index >= 15 is 0 Å². The molecule has 3 aliphatic rings. The number of amides is 1. The molecule has 1 amide bonds. The van der Waals surface area contributed by atoms with E-state index < -0.39 is 0 Å². The molecular weight excluding hydrogens is 454 g/mol. The first-order chi connectivity index (χ1) is 18.1. The van der Waals surface area contributed by atoms with Gasteiger partial charge in [-0.2, -0.15) is 0 Å². The van der Waals surface area contributed by atoms with Crippen molar-refractivity contribution in [1.82, 2.24) is 9.47 Å². The average Bonchev–Trinajstić information content (AvgIpc) is 3.55. The number of carbonyl (C=O) groups is 1. The second kappa shape index (κ2) is 8.79. The molecule has 1 aromatic heterocycles. The number of rotatable bonds is 3. The molecule has 3 heterocycles. The van der Waals surface area contributed by atoms with Crippen LogP contribution >= 0.6 is 0 Å². The van der Waals surface area contributed by atoms with Crippen LogP contribution < -0.4 is 5.32 Å². The molecule has 0 spiro atoms. The van der Waals surface area contributed by atoms with Gasteiger partial charge in [0.25, 0.3) is 5.91 Å². The number of hydrogen-bond donors (Lipinski definition) is 1. The van der Waals surface area contributed by atoms with Crippen LogP contribution in [0.25, 0.3) is 21.8 Å². The summed E-state index contributed by atoms with van der Waals surface area (Å²) in [5.41, 5.74) is 7.23. The highest BCUT2D eigenvalue weighted by Gasteiger charge is 2.38. The smallest absolute Gasteiger partial charge is 0.253 e. The Morgan fingerprint density at radius 1 is 0.973 bits per heavy atom. The highest BCUT2D eigenvalue weighted by Crippen LogP contribution is 2.50. The number of fused-ring (bicyclic) bond motifs is 6. The number of aryl methyl sites for hydroxylation is 1. The third kappa shape index (κ3) is 3.60. The highest BCUT2D eigenvalue weighted by molar-refractivity contribution is 6.08. The maximum absolute atomic E-state index is 13.3. The lowest BCUT2D eigenvalue weighted by molar-refractivity contribution is 0.0697. The van der Waals surface area contributed by atoms with Crippen LogP contribution in [0, 0.1) is 11.8 Å². The van der Waals surface area contributed by atoms with Gasteiger partial charge in [0.2, 0.25) is 0 Å². The van der Waals surface area contributed by atoms with Gasteiger partial charge in [0, 0.05) is 58.6 Å². The Balaban J connectivity index is 1.24. The summed E-state index contributed by atoms with van der Waals surface area (Å²) in [5, 5.41) is 6.56. The summed E-state index contributed by atoms with van der Waals surface area (Å²) in [5.74, 6) is 1.69. The second-order valence-corrected chi connectivity index (χ2v) is 11.3. The lowest BCUT2D eigenvalue weighted by Gasteiger charge is -2.38. The van der Waals surface area contributed by atoms with Gasteiger partial charge < -0.3 is 14.8 Å². The van der Waals surface area contributed by atoms with Crippen LogP contribution in [0.5, 0.6) is 0 Å². The Morgan fingerprint density at radius 3 is 2.62 bits per heavy atom. The Hall–Kier alpha value is -3.53. The van der Waals surface area contributed by atoms with Crippen LogP contribution in [0.4, 0.5) is 5.69 Å². The van der Waals surface area contributed by atoms with Gasteiger partial charge in [0.15, 0.2) is 0 Å². The fourth-order valence-corrected chi connectivity index (χ4v) is 7.06. The zero-order valence-corrected chi connectivity index (χ0v) is 21.8. The molecule has 0 saturated carbocycles. The summed E-state index contributed by atoms with van der Waals surface area (Å²) < 4.78 is 2.42. The Labute approximate surface area is 219 Å². The van der Waals surface area contributed by atoms with Crippen LogP contribution in [0.1, 0.15) is 66.6 Å². The van der Waals surface area contributed by atoms with Crippen LogP contribution in [-0.4, -0.2) is 28.5 Å². The summed E-state index contributed by atoms with van der Waals surface area (Å²) in [6.45, 7) is 7.22. The lowest BCUT2D eigenvalue weighted by Crippen LogP contribution is -2.38. The first-order valence-corrected chi connectivity index (χ1v) is 14.0. The topological polar surface area (TPSA) is 37.3 Å². The lowest BCUT2D eigenvalue weighted by atomic mass is 9.76. The van der Waals surface area contributed by atoms with Crippen molar-refractivity contribution in [2.75, 3.05) is 18.4 Å². The molecule has 3 unspecified atom stereocenters. The molecule has 4 heteroatoms. The quantitative estimate of drug-likeness (QED) is 0.302. The average molecular weight is 490 g/mol. The fraction of sp³-hybridized carbons (Fsp3) is 0.364. The van der Waals surface area contributed by atoms with E-state index in [0.29, 0.717) is 11.8 Å². The molecule has 0 radical (unpaired) electrons. The van der Waals surface area contributed by atoms with Crippen molar-refractivity contribution < 1.29 is 4.79 Å². The van der Waals surface area contributed by atoms with E-state index in [1.807, 2.05) is 11.0 Å². The molecule has 1 fully saturated rings. The SMILES string of the molecule is CCn1c2ccccc2c2cc(C3Nc4ccc(C(=O)N5CCC(C)CC5)cc4C4C=CCC43)ccc21. The molecule has 4 aromatic rings. The van der Waals surface area contributed by atoms with Gasteiger partial charge in [-0.05, 0) is 85.5 Å². The summed E-state index contributed by atoms with van der Waals surface area (Å²) in [4.78, 5) is 15.4. The number of benzene rings is 3. The van der Waals surface area contributed by atoms with E-state index in [9.17, 15) is 4.79 Å². The predicted octanol–water partition coefficient (Wildman–Crippen LogP) is 7.51. The number of aromatic nitrogens is 1. The number of anilines is 1.